The molecule has 48 heavy (non-hydrogen) atoms. The summed E-state index contributed by atoms with van der Waals surface area (Å²) in [4.78, 5) is 41.1. The van der Waals surface area contributed by atoms with E-state index in [-0.39, 0.29) is 25.7 Å². The van der Waals surface area contributed by atoms with Crippen molar-refractivity contribution in [2.75, 3.05) is 0 Å². The molecule has 2 aliphatic heterocycles. The van der Waals surface area contributed by atoms with E-state index >= 15 is 0 Å². The number of aliphatic hydroxyl groups is 2. The number of aliphatic hydroxyl groups excluding tert-OH is 2. The van der Waals surface area contributed by atoms with Crippen LogP contribution in [0.5, 0.6) is 0 Å². The van der Waals surface area contributed by atoms with E-state index in [1.165, 1.54) is 0 Å². The van der Waals surface area contributed by atoms with Gasteiger partial charge in [0.05, 0.1) is 35.0 Å². The number of carboxylic acids is 2. The summed E-state index contributed by atoms with van der Waals surface area (Å²) in [6, 6.07) is 0. The number of aromatic nitrogens is 4. The molecule has 0 saturated carbocycles. The number of aryl methyl sites for hydroxylation is 6. The van der Waals surface area contributed by atoms with Gasteiger partial charge in [0, 0.05) is 51.6 Å². The standard InChI is InChI=1S/C38H46N4O6/c1-15-25(11-13-27(45)46)35-22(8)36-26(12-14-28(47)48)16(2)32(40-36)20(6)37-30(24(10)44)18(4)34(42-37)21(7)38-29(23(9)43)17(3)33(41-38)19(5)31(15)39-35/h23-24,40,42-44H,11-14H2,1-10H3,(H,45,46)(H,47,48). The number of allylic oxidation sites excluding steroid dienone is 3. The number of aliphatic carboxylic acids is 2. The lowest BCUT2D eigenvalue weighted by molar-refractivity contribution is -0.137. The first-order chi connectivity index (χ1) is 22.5. The Morgan fingerprint density at radius 2 is 1.10 bits per heavy atom. The van der Waals surface area contributed by atoms with Crippen LogP contribution in [0, 0.1) is 41.5 Å². The first-order valence-electron chi connectivity index (χ1n) is 16.4. The molecular formula is C38H46N4O6. The van der Waals surface area contributed by atoms with Gasteiger partial charge in [-0.25, -0.2) is 9.97 Å². The number of carbonyl (C=O) groups is 2. The lowest BCUT2D eigenvalue weighted by atomic mass is 9.94. The van der Waals surface area contributed by atoms with E-state index in [2.05, 4.69) is 9.97 Å². The SMILES string of the molecule is CC1=C(CCC(=O)O)c2nc1c(C)c1nc(c(C)c3[nH]c(c(C(C)O)c3C)c(C)c3[nH]c(c2C)c(CCC(=O)O)c3C)C(C(C)O)=C1C. The Kier molecular flexibility index (Phi) is 9.29. The second kappa shape index (κ2) is 12.8. The Bertz CT molecular complexity index is 2120. The maximum absolute atomic E-state index is 11.8. The molecule has 0 fully saturated rings. The van der Waals surface area contributed by atoms with Crippen LogP contribution in [-0.2, 0) is 16.0 Å². The summed E-state index contributed by atoms with van der Waals surface area (Å²) < 4.78 is 0. The molecule has 10 heteroatoms. The van der Waals surface area contributed by atoms with Crippen LogP contribution in [-0.4, -0.2) is 58.4 Å². The monoisotopic (exact) mass is 654 g/mol. The van der Waals surface area contributed by atoms with Crippen molar-refractivity contribution < 1.29 is 30.0 Å². The molecule has 0 aromatic carbocycles. The Hall–Kier alpha value is -4.54. The number of fused-ring (bicyclic) bond motifs is 8. The summed E-state index contributed by atoms with van der Waals surface area (Å²) in [5.41, 5.74) is 15.7. The zero-order chi connectivity index (χ0) is 35.5. The highest BCUT2D eigenvalue weighted by molar-refractivity contribution is 5.99. The molecule has 5 rings (SSSR count). The van der Waals surface area contributed by atoms with Crippen molar-refractivity contribution in [3.63, 3.8) is 0 Å². The second-order valence-electron chi connectivity index (χ2n) is 13.3. The molecule has 3 aromatic heterocycles. The number of nitrogens with zero attached hydrogens (tertiary/aromatic N) is 2. The molecule has 5 heterocycles. The lowest BCUT2D eigenvalue weighted by Gasteiger charge is -2.10. The largest absolute Gasteiger partial charge is 0.481 e. The van der Waals surface area contributed by atoms with Gasteiger partial charge >= 0.3 is 11.9 Å². The summed E-state index contributed by atoms with van der Waals surface area (Å²) in [6.07, 6.45) is -1.20. The topological polar surface area (TPSA) is 172 Å². The van der Waals surface area contributed by atoms with E-state index in [1.54, 1.807) is 13.8 Å². The molecule has 0 aliphatic carbocycles. The molecule has 0 spiro atoms. The fraction of sp³-hybridized carbons (Fsp3) is 0.421. The maximum Gasteiger partial charge on any atom is 0.303 e. The van der Waals surface area contributed by atoms with Crippen LogP contribution in [0.25, 0.3) is 44.4 Å². The number of nitrogens with one attached hydrogen (secondary N) is 2. The summed E-state index contributed by atoms with van der Waals surface area (Å²) in [5.74, 6) is -1.82. The molecule has 0 radical (unpaired) electrons. The minimum Gasteiger partial charge on any atom is -0.481 e. The zero-order valence-corrected chi connectivity index (χ0v) is 29.5. The molecule has 2 atom stereocenters. The lowest BCUT2D eigenvalue weighted by Crippen LogP contribution is -2.04. The molecule has 3 aromatic rings. The van der Waals surface area contributed by atoms with Gasteiger partial charge in [-0.3, -0.25) is 9.59 Å². The predicted octanol–water partition coefficient (Wildman–Crippen LogP) is 7.34. The number of aromatic amines is 2. The van der Waals surface area contributed by atoms with Gasteiger partial charge < -0.3 is 30.4 Å². The van der Waals surface area contributed by atoms with E-state index in [9.17, 15) is 30.0 Å². The van der Waals surface area contributed by atoms with Crippen molar-refractivity contribution in [3.8, 4) is 0 Å². The fourth-order valence-electron chi connectivity index (χ4n) is 7.67. The summed E-state index contributed by atoms with van der Waals surface area (Å²) in [5, 5.41) is 41.4. The van der Waals surface area contributed by atoms with Crippen molar-refractivity contribution in [1.82, 2.24) is 19.9 Å². The third kappa shape index (κ3) is 5.66. The van der Waals surface area contributed by atoms with Gasteiger partial charge in [0.25, 0.3) is 0 Å². The number of H-pyrrole nitrogens is 2. The van der Waals surface area contributed by atoms with Crippen LogP contribution in [0.1, 0.15) is 120 Å². The van der Waals surface area contributed by atoms with E-state index in [0.717, 1.165) is 83.3 Å². The normalized spacial score (nSPS) is 14.6. The maximum atomic E-state index is 11.8. The molecule has 10 nitrogen and oxygen atoms in total. The fourth-order valence-corrected chi connectivity index (χ4v) is 7.67. The highest BCUT2D eigenvalue weighted by Crippen LogP contribution is 2.42. The van der Waals surface area contributed by atoms with Gasteiger partial charge in [0.1, 0.15) is 0 Å². The minimum atomic E-state index is -0.912. The van der Waals surface area contributed by atoms with Crippen molar-refractivity contribution in [1.29, 1.82) is 0 Å². The van der Waals surface area contributed by atoms with Gasteiger partial charge in [0.15, 0.2) is 0 Å². The van der Waals surface area contributed by atoms with Gasteiger partial charge in [-0.1, -0.05) is 0 Å². The van der Waals surface area contributed by atoms with Crippen molar-refractivity contribution in [2.45, 2.75) is 107 Å². The van der Waals surface area contributed by atoms with Crippen LogP contribution in [0.3, 0.4) is 0 Å². The molecule has 6 N–H and O–H groups in total. The molecule has 0 saturated heterocycles. The van der Waals surface area contributed by atoms with E-state index in [1.807, 2.05) is 55.4 Å². The Balaban J connectivity index is 2.11. The number of rotatable bonds is 8. The molecular weight excluding hydrogens is 608 g/mol. The Morgan fingerprint density at radius 3 is 1.69 bits per heavy atom. The first kappa shape index (κ1) is 34.8. The highest BCUT2D eigenvalue weighted by atomic mass is 16.4. The summed E-state index contributed by atoms with van der Waals surface area (Å²) in [6.45, 7) is 19.1. The van der Waals surface area contributed by atoms with Crippen LogP contribution in [0.2, 0.25) is 0 Å². The smallest absolute Gasteiger partial charge is 0.303 e. The zero-order valence-electron chi connectivity index (χ0n) is 29.5. The van der Waals surface area contributed by atoms with Crippen molar-refractivity contribution in [2.24, 2.45) is 0 Å². The molecule has 2 aliphatic rings. The van der Waals surface area contributed by atoms with Crippen LogP contribution < -0.4 is 0 Å². The second-order valence-corrected chi connectivity index (χ2v) is 13.3. The van der Waals surface area contributed by atoms with Crippen molar-refractivity contribution in [3.05, 3.63) is 67.3 Å². The molecule has 254 valence electrons. The van der Waals surface area contributed by atoms with Gasteiger partial charge in [-0.2, -0.15) is 0 Å². The Morgan fingerprint density at radius 1 is 0.583 bits per heavy atom. The van der Waals surface area contributed by atoms with Gasteiger partial charge in [-0.15, -0.1) is 0 Å². The third-order valence-electron chi connectivity index (χ3n) is 10.2. The molecule has 8 bridgehead atoms. The van der Waals surface area contributed by atoms with Crippen LogP contribution in [0.4, 0.5) is 0 Å². The van der Waals surface area contributed by atoms with Crippen LogP contribution >= 0.6 is 0 Å². The minimum absolute atomic E-state index is 0.0660. The number of hydrogen-bond donors (Lipinski definition) is 6. The highest BCUT2D eigenvalue weighted by Gasteiger charge is 2.29. The van der Waals surface area contributed by atoms with E-state index in [0.29, 0.717) is 28.3 Å². The number of hydrogen-bond acceptors (Lipinski definition) is 6. The summed E-state index contributed by atoms with van der Waals surface area (Å²) in [7, 11) is 0. The predicted molar refractivity (Wildman–Crippen MR) is 190 cm³/mol. The van der Waals surface area contributed by atoms with E-state index < -0.39 is 24.1 Å². The number of carboxylic acid groups (broad SMARTS) is 2. The first-order valence-corrected chi connectivity index (χ1v) is 16.4. The average Bonchev–Trinajstić information content (AvgIpc) is 3.73. The quantitative estimate of drug-likeness (QED) is 0.146. The molecule has 0 amide bonds. The Labute approximate surface area is 280 Å². The van der Waals surface area contributed by atoms with Gasteiger partial charge in [-0.05, 0) is 132 Å². The average molecular weight is 655 g/mol. The van der Waals surface area contributed by atoms with Crippen molar-refractivity contribution >= 4 is 56.3 Å². The van der Waals surface area contributed by atoms with Gasteiger partial charge in [0.2, 0.25) is 0 Å². The molecule has 2 unspecified atom stereocenters. The van der Waals surface area contributed by atoms with Crippen LogP contribution in [0.15, 0.2) is 0 Å². The van der Waals surface area contributed by atoms with E-state index in [4.69, 9.17) is 9.97 Å². The summed E-state index contributed by atoms with van der Waals surface area (Å²) >= 11 is 0. The third-order valence-corrected chi connectivity index (χ3v) is 10.2.